The fourth-order valence-corrected chi connectivity index (χ4v) is 2.31. The Labute approximate surface area is 133 Å². The minimum absolute atomic E-state index is 0.0878. The molecule has 3 nitrogen and oxygen atoms in total. The lowest BCUT2D eigenvalue weighted by Gasteiger charge is -2.21. The van der Waals surface area contributed by atoms with Crippen molar-refractivity contribution in [2.24, 2.45) is 0 Å². The molecule has 0 aliphatic rings. The molecule has 1 aromatic rings. The zero-order valence-electron chi connectivity index (χ0n) is 13.3. The molecule has 0 spiro atoms. The maximum atomic E-state index is 12.8. The first-order chi connectivity index (χ1) is 9.90. The predicted molar refractivity (Wildman–Crippen MR) is 86.6 cm³/mol. The van der Waals surface area contributed by atoms with Gasteiger partial charge in [-0.05, 0) is 18.2 Å². The quantitative estimate of drug-likeness (QED) is 0.894. The maximum Gasteiger partial charge on any atom is 0.416 e. The molecule has 0 atom stereocenters. The Kier molecular flexibility index (Phi) is 5.78. The van der Waals surface area contributed by atoms with Crippen molar-refractivity contribution in [2.45, 2.75) is 31.7 Å². The Morgan fingerprint density at radius 3 is 2.27 bits per heavy atom. The summed E-state index contributed by atoms with van der Waals surface area (Å²) < 4.78 is 38.3. The van der Waals surface area contributed by atoms with E-state index in [0.29, 0.717) is 5.69 Å². The maximum absolute atomic E-state index is 12.8. The summed E-state index contributed by atoms with van der Waals surface area (Å²) in [5.74, 6) is -0.130. The Hall–Kier alpha value is -1.37. The van der Waals surface area contributed by atoms with Gasteiger partial charge in [0.25, 0.3) is 0 Å². The second-order valence-electron chi connectivity index (χ2n) is 6.07. The van der Waals surface area contributed by atoms with Gasteiger partial charge < -0.3 is 10.2 Å². The van der Waals surface area contributed by atoms with Crippen LogP contribution in [0, 0.1) is 0 Å². The molecule has 0 aliphatic carbocycles. The number of amides is 1. The van der Waals surface area contributed by atoms with E-state index in [2.05, 4.69) is 5.32 Å². The fraction of sp³-hybridized carbons (Fsp3) is 0.533. The van der Waals surface area contributed by atoms with Crippen LogP contribution in [0.1, 0.15) is 26.3 Å². The molecule has 124 valence electrons. The number of nitrogens with zero attached hydrogens (tertiary/aromatic N) is 1. The van der Waals surface area contributed by atoms with Crippen LogP contribution in [0.25, 0.3) is 0 Å². The highest BCUT2D eigenvalue weighted by atomic mass is 32.2. The molecule has 1 rings (SSSR count). The molecule has 0 fully saturated rings. The molecule has 0 heterocycles. The highest BCUT2D eigenvalue weighted by Gasteiger charge is 2.31. The SMILES string of the molecule is CN(C)c1ccc(C(F)(F)F)cc1NC(=O)CSC(C)(C)C. The summed E-state index contributed by atoms with van der Waals surface area (Å²) in [4.78, 5) is 13.6. The molecule has 1 N–H and O–H groups in total. The second kappa shape index (κ2) is 6.81. The van der Waals surface area contributed by atoms with Crippen molar-refractivity contribution in [2.75, 3.05) is 30.1 Å². The second-order valence-corrected chi connectivity index (χ2v) is 7.88. The van der Waals surface area contributed by atoms with Crippen LogP contribution in [-0.2, 0) is 11.0 Å². The Morgan fingerprint density at radius 2 is 1.82 bits per heavy atom. The summed E-state index contributed by atoms with van der Waals surface area (Å²) in [6, 6.07) is 3.33. The molecular formula is C15H21F3N2OS. The van der Waals surface area contributed by atoms with Crippen molar-refractivity contribution in [3.63, 3.8) is 0 Å². The minimum atomic E-state index is -4.44. The van der Waals surface area contributed by atoms with Crippen LogP contribution in [-0.4, -0.2) is 30.5 Å². The van der Waals surface area contributed by atoms with Gasteiger partial charge in [-0.2, -0.15) is 13.2 Å². The monoisotopic (exact) mass is 334 g/mol. The smallest absolute Gasteiger partial charge is 0.376 e. The molecule has 7 heteroatoms. The zero-order chi connectivity index (χ0) is 17.1. The Bertz CT molecular complexity index is 537. The summed E-state index contributed by atoms with van der Waals surface area (Å²) in [5, 5.41) is 2.58. The first-order valence-electron chi connectivity index (χ1n) is 6.72. The van der Waals surface area contributed by atoms with Gasteiger partial charge in [0, 0.05) is 18.8 Å². The molecule has 0 aromatic heterocycles. The molecule has 0 bridgehead atoms. The van der Waals surface area contributed by atoms with Gasteiger partial charge >= 0.3 is 6.18 Å². The topological polar surface area (TPSA) is 32.3 Å². The van der Waals surface area contributed by atoms with Gasteiger partial charge in [0.15, 0.2) is 0 Å². The summed E-state index contributed by atoms with van der Waals surface area (Å²) in [5.41, 5.74) is -0.0849. The number of halogens is 3. The first-order valence-corrected chi connectivity index (χ1v) is 7.71. The number of nitrogens with one attached hydrogen (secondary N) is 1. The van der Waals surface area contributed by atoms with Gasteiger partial charge in [0.2, 0.25) is 5.91 Å². The lowest BCUT2D eigenvalue weighted by Crippen LogP contribution is -2.21. The van der Waals surface area contributed by atoms with Crippen LogP contribution < -0.4 is 10.2 Å². The molecule has 22 heavy (non-hydrogen) atoms. The van der Waals surface area contributed by atoms with Crippen molar-refractivity contribution in [1.29, 1.82) is 0 Å². The van der Waals surface area contributed by atoms with Crippen molar-refractivity contribution >= 4 is 29.0 Å². The van der Waals surface area contributed by atoms with E-state index in [9.17, 15) is 18.0 Å². The Balaban J connectivity index is 2.98. The zero-order valence-corrected chi connectivity index (χ0v) is 14.2. The van der Waals surface area contributed by atoms with Crippen molar-refractivity contribution in [1.82, 2.24) is 0 Å². The highest BCUT2D eigenvalue weighted by Crippen LogP contribution is 2.35. The number of benzene rings is 1. The van der Waals surface area contributed by atoms with Crippen LogP contribution in [0.5, 0.6) is 0 Å². The van der Waals surface area contributed by atoms with E-state index in [1.807, 2.05) is 20.8 Å². The summed E-state index contributed by atoms with van der Waals surface area (Å²) >= 11 is 1.44. The number of hydrogen-bond donors (Lipinski definition) is 1. The number of carbonyl (C=O) groups excluding carboxylic acids is 1. The number of rotatable bonds is 4. The van der Waals surface area contributed by atoms with E-state index in [0.717, 1.165) is 12.1 Å². The predicted octanol–water partition coefficient (Wildman–Crippen LogP) is 4.24. The van der Waals surface area contributed by atoms with E-state index in [1.54, 1.807) is 19.0 Å². The lowest BCUT2D eigenvalue weighted by atomic mass is 10.1. The molecular weight excluding hydrogens is 313 g/mol. The van der Waals surface area contributed by atoms with Gasteiger partial charge in [-0.3, -0.25) is 4.79 Å². The first kappa shape index (κ1) is 18.7. The third-order valence-electron chi connectivity index (χ3n) is 2.72. The average molecular weight is 334 g/mol. The van der Waals surface area contributed by atoms with Gasteiger partial charge in [-0.25, -0.2) is 0 Å². The van der Waals surface area contributed by atoms with Crippen LogP contribution in [0.3, 0.4) is 0 Å². The molecule has 0 unspecified atom stereocenters. The average Bonchev–Trinajstić information content (AvgIpc) is 2.34. The summed E-state index contributed by atoms with van der Waals surface area (Å²) in [6.45, 7) is 5.92. The van der Waals surface area contributed by atoms with Crippen LogP contribution in [0.2, 0.25) is 0 Å². The standard InChI is InChI=1S/C15H21F3N2OS/c1-14(2,3)22-9-13(21)19-11-8-10(15(16,17)18)6-7-12(11)20(4)5/h6-8H,9H2,1-5H3,(H,19,21). The number of carbonyl (C=O) groups is 1. The minimum Gasteiger partial charge on any atom is -0.376 e. The normalized spacial score (nSPS) is 12.2. The van der Waals surface area contributed by atoms with Crippen molar-refractivity contribution < 1.29 is 18.0 Å². The number of anilines is 2. The van der Waals surface area contributed by atoms with Crippen LogP contribution >= 0.6 is 11.8 Å². The molecule has 1 aromatic carbocycles. The third kappa shape index (κ3) is 5.79. The molecule has 0 saturated carbocycles. The fourth-order valence-electron chi connectivity index (χ4n) is 1.67. The summed E-state index contributed by atoms with van der Waals surface area (Å²) in [7, 11) is 3.42. The molecule has 0 saturated heterocycles. The largest absolute Gasteiger partial charge is 0.416 e. The van der Waals surface area contributed by atoms with Gasteiger partial charge in [-0.15, -0.1) is 11.8 Å². The Morgan fingerprint density at radius 1 is 1.23 bits per heavy atom. The number of alkyl halides is 3. The lowest BCUT2D eigenvalue weighted by molar-refractivity contribution is -0.137. The van der Waals surface area contributed by atoms with E-state index < -0.39 is 11.7 Å². The molecule has 0 aliphatic heterocycles. The van der Waals surface area contributed by atoms with Crippen LogP contribution in [0.15, 0.2) is 18.2 Å². The van der Waals surface area contributed by atoms with E-state index in [1.165, 1.54) is 17.8 Å². The van der Waals surface area contributed by atoms with E-state index >= 15 is 0 Å². The van der Waals surface area contributed by atoms with E-state index in [4.69, 9.17) is 0 Å². The number of hydrogen-bond acceptors (Lipinski definition) is 3. The molecule has 0 radical (unpaired) electrons. The van der Waals surface area contributed by atoms with Gasteiger partial charge in [-0.1, -0.05) is 20.8 Å². The van der Waals surface area contributed by atoms with Crippen molar-refractivity contribution in [3.8, 4) is 0 Å². The van der Waals surface area contributed by atoms with Crippen molar-refractivity contribution in [3.05, 3.63) is 23.8 Å². The van der Waals surface area contributed by atoms with Gasteiger partial charge in [0.1, 0.15) is 0 Å². The molecule has 1 amide bonds. The number of thioether (sulfide) groups is 1. The van der Waals surface area contributed by atoms with Crippen LogP contribution in [0.4, 0.5) is 24.5 Å². The van der Waals surface area contributed by atoms with Gasteiger partial charge in [0.05, 0.1) is 22.7 Å². The highest BCUT2D eigenvalue weighted by molar-refractivity contribution is 8.01. The third-order valence-corrected chi connectivity index (χ3v) is 3.99. The van der Waals surface area contributed by atoms with E-state index in [-0.39, 0.29) is 22.1 Å². The summed E-state index contributed by atoms with van der Waals surface area (Å²) in [6.07, 6.45) is -4.44.